The van der Waals surface area contributed by atoms with Crippen molar-refractivity contribution in [1.29, 1.82) is 0 Å². The van der Waals surface area contributed by atoms with Crippen molar-refractivity contribution >= 4 is 39.1 Å². The van der Waals surface area contributed by atoms with Crippen LogP contribution >= 0.6 is 0 Å². The molecule has 172 valence electrons. The van der Waals surface area contributed by atoms with Gasteiger partial charge in [-0.25, -0.2) is 13.1 Å². The molecule has 0 fully saturated rings. The number of carbonyl (C=O) groups is 3. The lowest BCUT2D eigenvalue weighted by Gasteiger charge is -2.17. The SMILES string of the molecule is Cc1ccc(S(=O)(=O)NCC(=O)NCC(=O)Nc2ccc(NC(=O)C(C)(C)C)cc2)cc1. The van der Waals surface area contributed by atoms with Gasteiger partial charge in [-0.3, -0.25) is 14.4 Å². The predicted octanol–water partition coefficient (Wildman–Crippen LogP) is 2.01. The van der Waals surface area contributed by atoms with Crippen molar-refractivity contribution < 1.29 is 22.8 Å². The zero-order valence-electron chi connectivity index (χ0n) is 18.5. The number of hydrogen-bond acceptors (Lipinski definition) is 5. The van der Waals surface area contributed by atoms with Gasteiger partial charge in [0.15, 0.2) is 0 Å². The minimum absolute atomic E-state index is 0.0516. The van der Waals surface area contributed by atoms with Gasteiger partial charge in [0.1, 0.15) is 0 Å². The fraction of sp³-hybridized carbons (Fsp3) is 0.318. The number of nitrogens with one attached hydrogen (secondary N) is 4. The molecule has 10 heteroatoms. The molecule has 0 bridgehead atoms. The molecule has 2 rings (SSSR count). The second-order valence-corrected chi connectivity index (χ2v) is 10.0. The summed E-state index contributed by atoms with van der Waals surface area (Å²) in [5.74, 6) is -1.25. The van der Waals surface area contributed by atoms with E-state index in [-0.39, 0.29) is 17.3 Å². The highest BCUT2D eigenvalue weighted by molar-refractivity contribution is 7.89. The van der Waals surface area contributed by atoms with Gasteiger partial charge in [-0.1, -0.05) is 38.5 Å². The Bertz CT molecular complexity index is 1070. The van der Waals surface area contributed by atoms with Crippen LogP contribution in [0.4, 0.5) is 11.4 Å². The summed E-state index contributed by atoms with van der Waals surface area (Å²) < 4.78 is 26.6. The third kappa shape index (κ3) is 7.78. The van der Waals surface area contributed by atoms with Crippen LogP contribution in [0, 0.1) is 12.3 Å². The van der Waals surface area contributed by atoms with Crippen LogP contribution in [0.2, 0.25) is 0 Å². The molecule has 0 heterocycles. The Kier molecular flexibility index (Phi) is 8.12. The largest absolute Gasteiger partial charge is 0.346 e. The van der Waals surface area contributed by atoms with Crippen LogP contribution in [0.5, 0.6) is 0 Å². The van der Waals surface area contributed by atoms with E-state index in [1.54, 1.807) is 57.2 Å². The van der Waals surface area contributed by atoms with Crippen LogP contribution in [-0.4, -0.2) is 39.2 Å². The lowest BCUT2D eigenvalue weighted by Crippen LogP contribution is -2.40. The highest BCUT2D eigenvalue weighted by atomic mass is 32.2. The quantitative estimate of drug-likeness (QED) is 0.478. The first-order valence-electron chi connectivity index (χ1n) is 9.91. The number of rotatable bonds is 8. The van der Waals surface area contributed by atoms with Crippen molar-refractivity contribution in [3.8, 4) is 0 Å². The molecule has 0 aliphatic rings. The number of aryl methyl sites for hydroxylation is 1. The maximum atomic E-state index is 12.2. The Morgan fingerprint density at radius 1 is 0.781 bits per heavy atom. The van der Waals surface area contributed by atoms with Gasteiger partial charge in [0.05, 0.1) is 18.0 Å². The summed E-state index contributed by atoms with van der Waals surface area (Å²) in [5.41, 5.74) is 1.46. The van der Waals surface area contributed by atoms with Gasteiger partial charge in [0, 0.05) is 16.8 Å². The second kappa shape index (κ2) is 10.4. The van der Waals surface area contributed by atoms with Crippen LogP contribution in [0.25, 0.3) is 0 Å². The highest BCUT2D eigenvalue weighted by Crippen LogP contribution is 2.19. The minimum Gasteiger partial charge on any atom is -0.346 e. The summed E-state index contributed by atoms with van der Waals surface area (Å²) in [7, 11) is -3.82. The fourth-order valence-electron chi connectivity index (χ4n) is 2.36. The Morgan fingerprint density at radius 3 is 1.84 bits per heavy atom. The van der Waals surface area contributed by atoms with Crippen LogP contribution in [0.3, 0.4) is 0 Å². The first kappa shape index (κ1) is 25.0. The van der Waals surface area contributed by atoms with Crippen molar-refractivity contribution in [3.05, 3.63) is 54.1 Å². The Labute approximate surface area is 188 Å². The molecule has 3 amide bonds. The molecule has 2 aromatic rings. The first-order valence-corrected chi connectivity index (χ1v) is 11.4. The van der Waals surface area contributed by atoms with E-state index in [2.05, 4.69) is 20.7 Å². The number of amides is 3. The summed E-state index contributed by atoms with van der Waals surface area (Å²) in [5, 5.41) is 7.74. The van der Waals surface area contributed by atoms with Gasteiger partial charge in [0.25, 0.3) is 0 Å². The van der Waals surface area contributed by atoms with E-state index < -0.39 is 33.8 Å². The summed E-state index contributed by atoms with van der Waals surface area (Å²) in [6.07, 6.45) is 0. The molecule has 0 unspecified atom stereocenters. The van der Waals surface area contributed by atoms with Gasteiger partial charge in [-0.2, -0.15) is 0 Å². The van der Waals surface area contributed by atoms with E-state index in [0.29, 0.717) is 11.4 Å². The first-order chi connectivity index (χ1) is 14.9. The van der Waals surface area contributed by atoms with Crippen molar-refractivity contribution in [2.75, 3.05) is 23.7 Å². The van der Waals surface area contributed by atoms with E-state index >= 15 is 0 Å². The Balaban J connectivity index is 1.78. The van der Waals surface area contributed by atoms with Crippen LogP contribution in [0.1, 0.15) is 26.3 Å². The summed E-state index contributed by atoms with van der Waals surface area (Å²) in [4.78, 5) is 36.0. The minimum atomic E-state index is -3.82. The van der Waals surface area contributed by atoms with E-state index in [1.807, 2.05) is 6.92 Å². The average Bonchev–Trinajstić information content (AvgIpc) is 2.72. The van der Waals surface area contributed by atoms with Crippen LogP contribution in [-0.2, 0) is 24.4 Å². The smallest absolute Gasteiger partial charge is 0.243 e. The summed E-state index contributed by atoms with van der Waals surface area (Å²) >= 11 is 0. The third-order valence-corrected chi connectivity index (χ3v) is 5.73. The maximum absolute atomic E-state index is 12.2. The molecule has 0 saturated heterocycles. The number of benzene rings is 2. The topological polar surface area (TPSA) is 133 Å². The molecule has 0 aliphatic carbocycles. The lowest BCUT2D eigenvalue weighted by atomic mass is 9.95. The van der Waals surface area contributed by atoms with Crippen molar-refractivity contribution in [2.45, 2.75) is 32.6 Å². The Morgan fingerprint density at radius 2 is 1.31 bits per heavy atom. The molecule has 0 aromatic heterocycles. The molecule has 0 saturated carbocycles. The van der Waals surface area contributed by atoms with Crippen molar-refractivity contribution in [3.63, 3.8) is 0 Å². The van der Waals surface area contributed by atoms with Gasteiger partial charge < -0.3 is 16.0 Å². The standard InChI is InChI=1S/C22H28N4O5S/c1-15-5-11-18(12-6-15)32(30,31)24-14-19(27)23-13-20(28)25-16-7-9-17(10-8-16)26-21(29)22(2,3)4/h5-12,24H,13-14H2,1-4H3,(H,23,27)(H,25,28)(H,26,29). The molecular formula is C22H28N4O5S. The third-order valence-electron chi connectivity index (χ3n) is 4.31. The zero-order valence-corrected chi connectivity index (χ0v) is 19.3. The fourth-order valence-corrected chi connectivity index (χ4v) is 3.35. The summed E-state index contributed by atoms with van der Waals surface area (Å²) in [6.45, 7) is 6.43. The lowest BCUT2D eigenvalue weighted by molar-refractivity contribution is -0.123. The monoisotopic (exact) mass is 460 g/mol. The predicted molar refractivity (Wildman–Crippen MR) is 123 cm³/mol. The van der Waals surface area contributed by atoms with Crippen LogP contribution < -0.4 is 20.7 Å². The van der Waals surface area contributed by atoms with E-state index in [4.69, 9.17) is 0 Å². The van der Waals surface area contributed by atoms with E-state index in [1.165, 1.54) is 12.1 Å². The van der Waals surface area contributed by atoms with Crippen molar-refractivity contribution in [1.82, 2.24) is 10.0 Å². The van der Waals surface area contributed by atoms with Gasteiger partial charge in [-0.05, 0) is 43.3 Å². The van der Waals surface area contributed by atoms with E-state index in [0.717, 1.165) is 5.56 Å². The van der Waals surface area contributed by atoms with Crippen molar-refractivity contribution in [2.24, 2.45) is 5.41 Å². The van der Waals surface area contributed by atoms with Gasteiger partial charge >= 0.3 is 0 Å². The zero-order chi connectivity index (χ0) is 23.9. The van der Waals surface area contributed by atoms with Crippen LogP contribution in [0.15, 0.2) is 53.4 Å². The molecule has 0 aliphatic heterocycles. The number of anilines is 2. The second-order valence-electron chi connectivity index (χ2n) is 8.24. The highest BCUT2D eigenvalue weighted by Gasteiger charge is 2.21. The molecule has 4 N–H and O–H groups in total. The van der Waals surface area contributed by atoms with E-state index in [9.17, 15) is 22.8 Å². The average molecular weight is 461 g/mol. The molecule has 32 heavy (non-hydrogen) atoms. The molecule has 0 spiro atoms. The molecular weight excluding hydrogens is 432 g/mol. The normalized spacial score (nSPS) is 11.5. The Hall–Kier alpha value is -3.24. The number of carbonyl (C=O) groups excluding carboxylic acids is 3. The molecule has 0 atom stereocenters. The summed E-state index contributed by atoms with van der Waals surface area (Å²) in [6, 6.07) is 12.7. The number of hydrogen-bond donors (Lipinski definition) is 4. The number of sulfonamides is 1. The maximum Gasteiger partial charge on any atom is 0.243 e. The van der Waals surface area contributed by atoms with Gasteiger partial charge in [-0.15, -0.1) is 0 Å². The molecule has 9 nitrogen and oxygen atoms in total. The van der Waals surface area contributed by atoms with Gasteiger partial charge in [0.2, 0.25) is 27.7 Å². The molecule has 0 radical (unpaired) electrons. The molecule has 2 aromatic carbocycles.